The Morgan fingerprint density at radius 1 is 1.20 bits per heavy atom. The number of ether oxygens (including phenoxy) is 1. The third-order valence-corrected chi connectivity index (χ3v) is 3.00. The first-order valence-corrected chi connectivity index (χ1v) is 7.27. The number of non-ortho nitro benzene ring substituents is 1. The number of hydrogen-bond donors (Lipinski definition) is 0. The molecule has 0 aliphatic carbocycles. The molecule has 0 fully saturated rings. The van der Waals surface area contributed by atoms with Crippen LogP contribution >= 0.6 is 0 Å². The van der Waals surface area contributed by atoms with Crippen molar-refractivity contribution in [3.8, 4) is 5.75 Å². The smallest absolute Gasteiger partial charge is 0.273 e. The van der Waals surface area contributed by atoms with Crippen molar-refractivity contribution in [2.24, 2.45) is 0 Å². The lowest BCUT2D eigenvalue weighted by Crippen LogP contribution is -2.27. The minimum atomic E-state index is -0.406. The molecule has 0 aliphatic rings. The van der Waals surface area contributed by atoms with Crippen molar-refractivity contribution >= 4 is 5.69 Å². The number of nitro benzene ring substituents is 1. The minimum absolute atomic E-state index is 0.0705. The van der Waals surface area contributed by atoms with Crippen molar-refractivity contribution in [1.82, 2.24) is 4.90 Å². The molecule has 0 unspecified atom stereocenters. The molecule has 1 rings (SSSR count). The average Bonchev–Trinajstić information content (AvgIpc) is 2.44. The molecule has 1 aromatic carbocycles. The quantitative estimate of drug-likeness (QED) is 0.374. The van der Waals surface area contributed by atoms with Crippen molar-refractivity contribution in [2.75, 3.05) is 26.2 Å². The summed E-state index contributed by atoms with van der Waals surface area (Å²) in [7, 11) is 0. The molecule has 0 aromatic heterocycles. The molecule has 0 spiro atoms. The van der Waals surface area contributed by atoms with Crippen LogP contribution in [0.15, 0.2) is 24.3 Å². The summed E-state index contributed by atoms with van der Waals surface area (Å²) < 4.78 is 5.57. The van der Waals surface area contributed by atoms with Crippen LogP contribution in [-0.4, -0.2) is 36.1 Å². The monoisotopic (exact) mass is 280 g/mol. The van der Waals surface area contributed by atoms with Crippen molar-refractivity contribution < 1.29 is 9.66 Å². The Balaban J connectivity index is 2.33. The molecule has 0 aliphatic heterocycles. The van der Waals surface area contributed by atoms with Crippen molar-refractivity contribution in [3.63, 3.8) is 0 Å². The Kier molecular flexibility index (Phi) is 7.65. The van der Waals surface area contributed by atoms with Gasteiger partial charge in [-0.2, -0.15) is 0 Å². The highest BCUT2D eigenvalue weighted by Crippen LogP contribution is 2.19. The summed E-state index contributed by atoms with van der Waals surface area (Å²) in [6.45, 7) is 8.20. The molecule has 0 N–H and O–H groups in total. The SMILES string of the molecule is CCCN(CCC)CCCOc1cccc([N+](=O)[O-])c1. The number of nitrogens with zero attached hydrogens (tertiary/aromatic N) is 2. The van der Waals surface area contributed by atoms with Crippen LogP contribution in [0, 0.1) is 10.1 Å². The first-order valence-electron chi connectivity index (χ1n) is 7.27. The Hall–Kier alpha value is -1.62. The van der Waals surface area contributed by atoms with Crippen LogP contribution in [0.4, 0.5) is 5.69 Å². The summed E-state index contributed by atoms with van der Waals surface area (Å²) >= 11 is 0. The van der Waals surface area contributed by atoms with Gasteiger partial charge in [-0.3, -0.25) is 10.1 Å². The Labute approximate surface area is 120 Å². The zero-order chi connectivity index (χ0) is 14.8. The number of hydrogen-bond acceptors (Lipinski definition) is 4. The molecule has 0 bridgehead atoms. The van der Waals surface area contributed by atoms with Crippen LogP contribution in [-0.2, 0) is 0 Å². The second-order valence-corrected chi connectivity index (χ2v) is 4.80. The molecule has 5 nitrogen and oxygen atoms in total. The predicted octanol–water partition coefficient (Wildman–Crippen LogP) is 3.49. The van der Waals surface area contributed by atoms with E-state index in [0.717, 1.165) is 38.9 Å². The highest BCUT2D eigenvalue weighted by atomic mass is 16.6. The molecular weight excluding hydrogens is 256 g/mol. The fourth-order valence-corrected chi connectivity index (χ4v) is 2.13. The molecule has 0 amide bonds. The summed E-state index contributed by atoms with van der Waals surface area (Å²) in [5.41, 5.74) is 0.0705. The van der Waals surface area contributed by atoms with Crippen molar-refractivity contribution in [2.45, 2.75) is 33.1 Å². The van der Waals surface area contributed by atoms with Gasteiger partial charge in [-0.15, -0.1) is 0 Å². The number of benzene rings is 1. The predicted molar refractivity (Wildman–Crippen MR) is 80.2 cm³/mol. The van der Waals surface area contributed by atoms with E-state index in [9.17, 15) is 10.1 Å². The van der Waals surface area contributed by atoms with Gasteiger partial charge in [0, 0.05) is 12.6 Å². The number of rotatable bonds is 10. The molecule has 0 saturated carbocycles. The lowest BCUT2D eigenvalue weighted by Gasteiger charge is -2.20. The van der Waals surface area contributed by atoms with Gasteiger partial charge >= 0.3 is 0 Å². The van der Waals surface area contributed by atoms with Gasteiger partial charge in [0.1, 0.15) is 5.75 Å². The number of nitro groups is 1. The van der Waals surface area contributed by atoms with Gasteiger partial charge in [0.25, 0.3) is 5.69 Å². The first-order chi connectivity index (χ1) is 9.67. The zero-order valence-corrected chi connectivity index (χ0v) is 12.4. The molecule has 1 aromatic rings. The topological polar surface area (TPSA) is 55.6 Å². The van der Waals surface area contributed by atoms with Crippen LogP contribution in [0.1, 0.15) is 33.1 Å². The van der Waals surface area contributed by atoms with Crippen molar-refractivity contribution in [3.05, 3.63) is 34.4 Å². The van der Waals surface area contributed by atoms with Crippen LogP contribution in [0.5, 0.6) is 5.75 Å². The van der Waals surface area contributed by atoms with E-state index in [1.54, 1.807) is 12.1 Å². The van der Waals surface area contributed by atoms with Gasteiger partial charge in [0.15, 0.2) is 0 Å². The van der Waals surface area contributed by atoms with Gasteiger partial charge in [-0.05, 0) is 38.4 Å². The maximum absolute atomic E-state index is 10.7. The standard InChI is InChI=1S/C15H24N2O3/c1-3-9-16(10-4-2)11-6-12-20-15-8-5-7-14(13-15)17(18)19/h5,7-8,13H,3-4,6,9-12H2,1-2H3. The van der Waals surface area contributed by atoms with Crippen molar-refractivity contribution in [1.29, 1.82) is 0 Å². The van der Waals surface area contributed by atoms with E-state index in [1.807, 2.05) is 0 Å². The largest absolute Gasteiger partial charge is 0.493 e. The highest BCUT2D eigenvalue weighted by Gasteiger charge is 2.06. The summed E-state index contributed by atoms with van der Waals surface area (Å²) in [6, 6.07) is 6.34. The van der Waals surface area contributed by atoms with E-state index in [4.69, 9.17) is 4.74 Å². The summed E-state index contributed by atoms with van der Waals surface area (Å²) in [6.07, 6.45) is 3.25. The molecule has 0 atom stereocenters. The lowest BCUT2D eigenvalue weighted by atomic mass is 10.3. The highest BCUT2D eigenvalue weighted by molar-refractivity contribution is 5.37. The second-order valence-electron chi connectivity index (χ2n) is 4.80. The van der Waals surface area contributed by atoms with Gasteiger partial charge in [0.2, 0.25) is 0 Å². The van der Waals surface area contributed by atoms with E-state index >= 15 is 0 Å². The minimum Gasteiger partial charge on any atom is -0.493 e. The summed E-state index contributed by atoms with van der Waals surface area (Å²) in [5.74, 6) is 0.566. The third kappa shape index (κ3) is 6.02. The normalized spacial score (nSPS) is 10.8. The summed E-state index contributed by atoms with van der Waals surface area (Å²) in [4.78, 5) is 12.7. The molecule has 0 radical (unpaired) electrons. The molecule has 0 saturated heterocycles. The van der Waals surface area contributed by atoms with Gasteiger partial charge in [0.05, 0.1) is 17.6 Å². The molecule has 112 valence electrons. The Bertz CT molecular complexity index is 404. The van der Waals surface area contributed by atoms with E-state index < -0.39 is 4.92 Å². The van der Waals surface area contributed by atoms with E-state index in [1.165, 1.54) is 12.1 Å². The van der Waals surface area contributed by atoms with Gasteiger partial charge in [-0.1, -0.05) is 19.9 Å². The Morgan fingerprint density at radius 2 is 1.90 bits per heavy atom. The maximum Gasteiger partial charge on any atom is 0.273 e. The molecular formula is C15H24N2O3. The van der Waals surface area contributed by atoms with Crippen LogP contribution in [0.25, 0.3) is 0 Å². The Morgan fingerprint density at radius 3 is 2.50 bits per heavy atom. The lowest BCUT2D eigenvalue weighted by molar-refractivity contribution is -0.384. The fraction of sp³-hybridized carbons (Fsp3) is 0.600. The molecule has 20 heavy (non-hydrogen) atoms. The maximum atomic E-state index is 10.7. The summed E-state index contributed by atoms with van der Waals surface area (Å²) in [5, 5.41) is 10.7. The van der Waals surface area contributed by atoms with Gasteiger partial charge in [-0.25, -0.2) is 0 Å². The third-order valence-electron chi connectivity index (χ3n) is 3.00. The molecule has 0 heterocycles. The average molecular weight is 280 g/mol. The van der Waals surface area contributed by atoms with E-state index in [0.29, 0.717) is 12.4 Å². The first kappa shape index (κ1) is 16.4. The van der Waals surface area contributed by atoms with E-state index in [-0.39, 0.29) is 5.69 Å². The van der Waals surface area contributed by atoms with Crippen LogP contribution in [0.3, 0.4) is 0 Å². The van der Waals surface area contributed by atoms with E-state index in [2.05, 4.69) is 18.7 Å². The van der Waals surface area contributed by atoms with Crippen LogP contribution in [0.2, 0.25) is 0 Å². The second kappa shape index (κ2) is 9.31. The zero-order valence-electron chi connectivity index (χ0n) is 12.4. The fourth-order valence-electron chi connectivity index (χ4n) is 2.13. The van der Waals surface area contributed by atoms with Gasteiger partial charge < -0.3 is 9.64 Å². The molecule has 5 heteroatoms. The van der Waals surface area contributed by atoms with Crippen LogP contribution < -0.4 is 4.74 Å².